The summed E-state index contributed by atoms with van der Waals surface area (Å²) in [6.45, 7) is 4.01. The summed E-state index contributed by atoms with van der Waals surface area (Å²) in [5.74, 6) is -0.734. The van der Waals surface area contributed by atoms with Crippen LogP contribution in [0.25, 0.3) is 0 Å². The smallest absolute Gasteiger partial charge is 0.338 e. The second-order valence-electron chi connectivity index (χ2n) is 6.83. The van der Waals surface area contributed by atoms with Gasteiger partial charge in [0, 0.05) is 5.69 Å². The van der Waals surface area contributed by atoms with Crippen LogP contribution >= 0.6 is 0 Å². The number of anilines is 1. The minimum atomic E-state index is -1.01. The second-order valence-corrected chi connectivity index (χ2v) is 6.83. The molecule has 0 saturated carbocycles. The minimum Gasteiger partial charge on any atom is -0.494 e. The number of carbonyl (C=O) groups is 4. The van der Waals surface area contributed by atoms with Gasteiger partial charge in [0.2, 0.25) is 5.91 Å². The highest BCUT2D eigenvalue weighted by atomic mass is 16.5. The van der Waals surface area contributed by atoms with Gasteiger partial charge in [0.25, 0.3) is 5.91 Å². The van der Waals surface area contributed by atoms with Crippen LogP contribution in [0, 0.1) is 0 Å². The second kappa shape index (κ2) is 9.75. The molecule has 31 heavy (non-hydrogen) atoms. The first-order valence-electron chi connectivity index (χ1n) is 9.79. The van der Waals surface area contributed by atoms with Gasteiger partial charge in [0.15, 0.2) is 6.10 Å². The quantitative estimate of drug-likeness (QED) is 0.496. The number of nitrogens with zero attached hydrogens (tertiary/aromatic N) is 1. The van der Waals surface area contributed by atoms with Crippen molar-refractivity contribution in [3.05, 3.63) is 59.7 Å². The molecule has 2 aromatic carbocycles. The number of hydrogen-bond acceptors (Lipinski definition) is 6. The minimum absolute atomic E-state index is 0.0140. The van der Waals surface area contributed by atoms with Crippen molar-refractivity contribution in [1.82, 2.24) is 10.2 Å². The fourth-order valence-electron chi connectivity index (χ4n) is 2.87. The molecule has 1 atom stereocenters. The van der Waals surface area contributed by atoms with Crippen molar-refractivity contribution < 1.29 is 28.7 Å². The molecule has 0 aromatic heterocycles. The lowest BCUT2D eigenvalue weighted by Gasteiger charge is -2.15. The molecule has 0 spiro atoms. The van der Waals surface area contributed by atoms with Gasteiger partial charge in [0.05, 0.1) is 25.3 Å². The summed E-state index contributed by atoms with van der Waals surface area (Å²) >= 11 is 0. The van der Waals surface area contributed by atoms with Gasteiger partial charge in [-0.05, 0) is 55.8 Å². The summed E-state index contributed by atoms with van der Waals surface area (Å²) < 4.78 is 10.6. The molecule has 1 aliphatic rings. The summed E-state index contributed by atoms with van der Waals surface area (Å²) in [6.07, 6.45) is -1.01. The highest BCUT2D eigenvalue weighted by Crippen LogP contribution is 2.16. The van der Waals surface area contributed by atoms with E-state index in [2.05, 4.69) is 10.6 Å². The van der Waals surface area contributed by atoms with Gasteiger partial charge in [-0.25, -0.2) is 9.59 Å². The summed E-state index contributed by atoms with van der Waals surface area (Å²) in [6, 6.07) is 12.7. The first-order valence-corrected chi connectivity index (χ1v) is 9.79. The first-order chi connectivity index (χ1) is 14.9. The van der Waals surface area contributed by atoms with Crippen LogP contribution in [0.2, 0.25) is 0 Å². The van der Waals surface area contributed by atoms with Crippen LogP contribution in [0.4, 0.5) is 10.5 Å². The molecule has 162 valence electrons. The van der Waals surface area contributed by atoms with Gasteiger partial charge in [0.1, 0.15) is 5.75 Å². The number of hydrogen-bond donors (Lipinski definition) is 2. The molecule has 1 unspecified atom stereocenters. The molecule has 0 aliphatic carbocycles. The van der Waals surface area contributed by atoms with E-state index in [9.17, 15) is 19.2 Å². The van der Waals surface area contributed by atoms with Gasteiger partial charge in [-0.2, -0.15) is 0 Å². The van der Waals surface area contributed by atoms with Gasteiger partial charge in [-0.1, -0.05) is 12.1 Å². The van der Waals surface area contributed by atoms with E-state index in [1.165, 1.54) is 19.1 Å². The van der Waals surface area contributed by atoms with Crippen LogP contribution in [0.5, 0.6) is 5.75 Å². The third kappa shape index (κ3) is 5.59. The summed E-state index contributed by atoms with van der Waals surface area (Å²) in [5, 5.41) is 5.12. The van der Waals surface area contributed by atoms with E-state index < -0.39 is 24.0 Å². The number of rotatable bonds is 8. The molecule has 9 heteroatoms. The fraction of sp³-hybridized carbons (Fsp3) is 0.273. The molecule has 4 amide bonds. The van der Waals surface area contributed by atoms with Crippen molar-refractivity contribution in [3.8, 4) is 5.75 Å². The highest BCUT2D eigenvalue weighted by Gasteiger charge is 2.28. The van der Waals surface area contributed by atoms with Crippen molar-refractivity contribution in [3.63, 3.8) is 0 Å². The first kappa shape index (κ1) is 21.8. The van der Waals surface area contributed by atoms with Gasteiger partial charge < -0.3 is 20.1 Å². The fourth-order valence-corrected chi connectivity index (χ4v) is 2.87. The number of amides is 4. The number of ether oxygens (including phenoxy) is 2. The Hall–Kier alpha value is -3.88. The summed E-state index contributed by atoms with van der Waals surface area (Å²) in [4.78, 5) is 49.0. The third-order valence-electron chi connectivity index (χ3n) is 4.55. The maximum atomic E-state index is 12.3. The van der Waals surface area contributed by atoms with Crippen LogP contribution in [0.3, 0.4) is 0 Å². The van der Waals surface area contributed by atoms with Gasteiger partial charge in [-0.3, -0.25) is 14.5 Å². The zero-order valence-electron chi connectivity index (χ0n) is 17.2. The molecule has 1 aliphatic heterocycles. The Kier molecular flexibility index (Phi) is 6.86. The lowest BCUT2D eigenvalue weighted by atomic mass is 10.1. The zero-order valence-corrected chi connectivity index (χ0v) is 17.2. The van der Waals surface area contributed by atoms with E-state index in [-0.39, 0.29) is 24.6 Å². The number of carbonyl (C=O) groups excluding carboxylic acids is 4. The Morgan fingerprint density at radius 2 is 1.77 bits per heavy atom. The molecule has 1 fully saturated rings. The van der Waals surface area contributed by atoms with E-state index in [4.69, 9.17) is 9.47 Å². The van der Waals surface area contributed by atoms with Gasteiger partial charge in [-0.15, -0.1) is 0 Å². The van der Waals surface area contributed by atoms with E-state index in [1.54, 1.807) is 36.4 Å². The Bertz CT molecular complexity index is 956. The van der Waals surface area contributed by atoms with Crippen LogP contribution in [0.15, 0.2) is 48.5 Å². The van der Waals surface area contributed by atoms with Crippen LogP contribution in [-0.4, -0.2) is 48.0 Å². The summed E-state index contributed by atoms with van der Waals surface area (Å²) in [7, 11) is 0. The van der Waals surface area contributed by atoms with Crippen molar-refractivity contribution in [2.24, 2.45) is 0 Å². The largest absolute Gasteiger partial charge is 0.494 e. The molecule has 2 N–H and O–H groups in total. The van der Waals surface area contributed by atoms with Crippen molar-refractivity contribution >= 4 is 29.5 Å². The van der Waals surface area contributed by atoms with Crippen molar-refractivity contribution in [2.75, 3.05) is 18.5 Å². The number of urea groups is 1. The Morgan fingerprint density at radius 1 is 1.10 bits per heavy atom. The molecule has 1 saturated heterocycles. The van der Waals surface area contributed by atoms with E-state index in [0.29, 0.717) is 23.6 Å². The predicted molar refractivity (Wildman–Crippen MR) is 112 cm³/mol. The lowest BCUT2D eigenvalue weighted by Crippen LogP contribution is -2.30. The number of imide groups is 1. The molecular weight excluding hydrogens is 402 g/mol. The molecule has 1 heterocycles. The normalized spacial score (nSPS) is 14.1. The van der Waals surface area contributed by atoms with Crippen molar-refractivity contribution in [1.29, 1.82) is 0 Å². The predicted octanol–water partition coefficient (Wildman–Crippen LogP) is 2.32. The van der Waals surface area contributed by atoms with Crippen LogP contribution in [0.1, 0.15) is 29.8 Å². The average Bonchev–Trinajstić information content (AvgIpc) is 3.07. The SMILES string of the molecule is CCOc1ccc(NC(=O)C(C)OC(=O)c2ccc(CN3C(=O)CNC3=O)cc2)cc1. The summed E-state index contributed by atoms with van der Waals surface area (Å²) in [5.41, 5.74) is 1.49. The Labute approximate surface area is 179 Å². The molecular formula is C22H23N3O6. The van der Waals surface area contributed by atoms with Crippen LogP contribution < -0.4 is 15.4 Å². The number of esters is 1. The number of benzene rings is 2. The third-order valence-corrected chi connectivity index (χ3v) is 4.55. The van der Waals surface area contributed by atoms with Crippen molar-refractivity contribution in [2.45, 2.75) is 26.5 Å². The molecule has 0 bridgehead atoms. The molecule has 2 aromatic rings. The lowest BCUT2D eigenvalue weighted by molar-refractivity contribution is -0.125. The Morgan fingerprint density at radius 3 is 2.35 bits per heavy atom. The molecule has 0 radical (unpaired) electrons. The monoisotopic (exact) mass is 425 g/mol. The molecule has 9 nitrogen and oxygen atoms in total. The maximum absolute atomic E-state index is 12.3. The average molecular weight is 425 g/mol. The number of nitrogens with one attached hydrogen (secondary N) is 2. The zero-order chi connectivity index (χ0) is 22.4. The van der Waals surface area contributed by atoms with E-state index >= 15 is 0 Å². The molecule has 3 rings (SSSR count). The van der Waals surface area contributed by atoms with E-state index in [0.717, 1.165) is 4.90 Å². The topological polar surface area (TPSA) is 114 Å². The van der Waals surface area contributed by atoms with Gasteiger partial charge >= 0.3 is 12.0 Å². The highest BCUT2D eigenvalue weighted by molar-refractivity contribution is 6.02. The maximum Gasteiger partial charge on any atom is 0.338 e. The standard InChI is InChI=1S/C22H23N3O6/c1-3-30-18-10-8-17(9-11-18)24-20(27)14(2)31-21(28)16-6-4-15(5-7-16)13-25-19(26)12-23-22(25)29/h4-11,14H,3,12-13H2,1-2H3,(H,23,29)(H,24,27). The van der Waals surface area contributed by atoms with Crippen LogP contribution in [-0.2, 0) is 20.9 Å². The Balaban J connectivity index is 1.53. The van der Waals surface area contributed by atoms with E-state index in [1.807, 2.05) is 6.92 Å².